The summed E-state index contributed by atoms with van der Waals surface area (Å²) in [7, 11) is 2.14. The van der Waals surface area contributed by atoms with E-state index in [1.807, 2.05) is 0 Å². The van der Waals surface area contributed by atoms with Crippen molar-refractivity contribution in [2.45, 2.75) is 58.5 Å². The first kappa shape index (κ1) is 24.1. The Morgan fingerprint density at radius 2 is 1.62 bits per heavy atom. The van der Waals surface area contributed by atoms with E-state index in [0.29, 0.717) is 26.4 Å². The van der Waals surface area contributed by atoms with Gasteiger partial charge in [0.25, 0.3) is 0 Å². The number of piperazine rings is 1. The number of nitrogens with zero attached hydrogens (tertiary/aromatic N) is 2. The number of aliphatic hydroxyl groups is 1. The SMILES string of the molecule is CN1CCN(CC(O)COCCOc2ccc(C(C)(C)C)cc2C(C)(C)C)CC1. The number of benzene rings is 1. The van der Waals surface area contributed by atoms with Crippen LogP contribution in [0.1, 0.15) is 52.7 Å². The smallest absolute Gasteiger partial charge is 0.123 e. The Labute approximate surface area is 178 Å². The Hall–Kier alpha value is -1.14. The summed E-state index contributed by atoms with van der Waals surface area (Å²) in [5.41, 5.74) is 2.66. The molecule has 0 spiro atoms. The first-order valence-electron chi connectivity index (χ1n) is 10.9. The number of ether oxygens (including phenoxy) is 2. The molecule has 1 aromatic carbocycles. The van der Waals surface area contributed by atoms with Gasteiger partial charge in [0.1, 0.15) is 12.4 Å². The van der Waals surface area contributed by atoms with Gasteiger partial charge in [-0.05, 0) is 35.1 Å². The van der Waals surface area contributed by atoms with E-state index in [0.717, 1.165) is 31.9 Å². The Morgan fingerprint density at radius 1 is 0.966 bits per heavy atom. The molecule has 0 radical (unpaired) electrons. The van der Waals surface area contributed by atoms with E-state index in [2.05, 4.69) is 76.6 Å². The van der Waals surface area contributed by atoms with Gasteiger partial charge < -0.3 is 19.5 Å². The number of likely N-dealkylation sites (N-methyl/N-ethyl adjacent to an activating group) is 1. The van der Waals surface area contributed by atoms with E-state index < -0.39 is 6.10 Å². The second kappa shape index (κ2) is 10.3. The van der Waals surface area contributed by atoms with Crippen LogP contribution in [-0.2, 0) is 15.6 Å². The zero-order chi connectivity index (χ0) is 21.7. The number of rotatable bonds is 8. The predicted molar refractivity (Wildman–Crippen MR) is 120 cm³/mol. The monoisotopic (exact) mass is 406 g/mol. The maximum Gasteiger partial charge on any atom is 0.123 e. The second-order valence-electron chi connectivity index (χ2n) is 10.4. The van der Waals surface area contributed by atoms with Crippen LogP contribution < -0.4 is 4.74 Å². The number of hydrogen-bond acceptors (Lipinski definition) is 5. The van der Waals surface area contributed by atoms with E-state index in [-0.39, 0.29) is 10.8 Å². The van der Waals surface area contributed by atoms with Crippen molar-refractivity contribution in [2.24, 2.45) is 0 Å². The van der Waals surface area contributed by atoms with Crippen molar-refractivity contribution in [1.82, 2.24) is 9.80 Å². The maximum atomic E-state index is 10.2. The largest absolute Gasteiger partial charge is 0.491 e. The number of hydrogen-bond donors (Lipinski definition) is 1. The molecule has 1 aliphatic heterocycles. The molecule has 0 saturated carbocycles. The lowest BCUT2D eigenvalue weighted by Gasteiger charge is -2.33. The van der Waals surface area contributed by atoms with Crippen molar-refractivity contribution in [3.05, 3.63) is 29.3 Å². The van der Waals surface area contributed by atoms with Gasteiger partial charge in [0, 0.05) is 32.7 Å². The maximum absolute atomic E-state index is 10.2. The average Bonchev–Trinajstić information content (AvgIpc) is 2.62. The van der Waals surface area contributed by atoms with Crippen LogP contribution in [0.3, 0.4) is 0 Å². The van der Waals surface area contributed by atoms with E-state index >= 15 is 0 Å². The molecule has 0 bridgehead atoms. The van der Waals surface area contributed by atoms with Crippen LogP contribution in [-0.4, -0.2) is 80.6 Å². The summed E-state index contributed by atoms with van der Waals surface area (Å²) in [4.78, 5) is 4.62. The minimum absolute atomic E-state index is 0.0101. The van der Waals surface area contributed by atoms with E-state index in [1.165, 1.54) is 11.1 Å². The van der Waals surface area contributed by atoms with Crippen molar-refractivity contribution < 1.29 is 14.6 Å². The normalized spacial score (nSPS) is 18.1. The molecule has 1 saturated heterocycles. The summed E-state index contributed by atoms with van der Waals surface area (Å²) in [5.74, 6) is 0.923. The van der Waals surface area contributed by atoms with Gasteiger partial charge in [-0.15, -0.1) is 0 Å². The van der Waals surface area contributed by atoms with Gasteiger partial charge in [-0.1, -0.05) is 53.7 Å². The zero-order valence-corrected chi connectivity index (χ0v) is 19.6. The van der Waals surface area contributed by atoms with Crippen molar-refractivity contribution >= 4 is 0 Å². The molecule has 1 N–H and O–H groups in total. The predicted octanol–water partition coefficient (Wildman–Crippen LogP) is 3.29. The third kappa shape index (κ3) is 7.89. The quantitative estimate of drug-likeness (QED) is 0.671. The van der Waals surface area contributed by atoms with Crippen LogP contribution in [0.25, 0.3) is 0 Å². The Balaban J connectivity index is 1.78. The van der Waals surface area contributed by atoms with Crippen LogP contribution in [0.15, 0.2) is 18.2 Å². The summed E-state index contributed by atoms with van der Waals surface area (Å²) in [6.45, 7) is 19.5. The highest BCUT2D eigenvalue weighted by Crippen LogP contribution is 2.35. The summed E-state index contributed by atoms with van der Waals surface area (Å²) in [5, 5.41) is 10.2. The highest BCUT2D eigenvalue weighted by molar-refractivity contribution is 5.43. The molecule has 29 heavy (non-hydrogen) atoms. The van der Waals surface area contributed by atoms with Gasteiger partial charge in [-0.2, -0.15) is 0 Å². The molecule has 1 aromatic rings. The molecule has 1 heterocycles. The van der Waals surface area contributed by atoms with Crippen molar-refractivity contribution in [2.75, 3.05) is 59.6 Å². The van der Waals surface area contributed by atoms with Gasteiger partial charge in [0.15, 0.2) is 0 Å². The van der Waals surface area contributed by atoms with Gasteiger partial charge in [-0.3, -0.25) is 4.90 Å². The molecule has 1 unspecified atom stereocenters. The molecule has 166 valence electrons. The fourth-order valence-corrected chi connectivity index (χ4v) is 3.52. The summed E-state index contributed by atoms with van der Waals surface area (Å²) >= 11 is 0. The van der Waals surface area contributed by atoms with Crippen LogP contribution in [0, 0.1) is 0 Å². The third-order valence-electron chi connectivity index (χ3n) is 5.51. The average molecular weight is 407 g/mol. The molecule has 5 heteroatoms. The lowest BCUT2D eigenvalue weighted by molar-refractivity contribution is 0.00138. The minimum atomic E-state index is -0.449. The third-order valence-corrected chi connectivity index (χ3v) is 5.51. The zero-order valence-electron chi connectivity index (χ0n) is 19.6. The van der Waals surface area contributed by atoms with Crippen molar-refractivity contribution in [1.29, 1.82) is 0 Å². The summed E-state index contributed by atoms with van der Waals surface area (Å²) in [6.07, 6.45) is -0.449. The summed E-state index contributed by atoms with van der Waals surface area (Å²) in [6, 6.07) is 6.52. The Morgan fingerprint density at radius 3 is 2.21 bits per heavy atom. The van der Waals surface area contributed by atoms with Crippen LogP contribution in [0.5, 0.6) is 5.75 Å². The molecule has 2 rings (SSSR count). The second-order valence-corrected chi connectivity index (χ2v) is 10.4. The van der Waals surface area contributed by atoms with Crippen molar-refractivity contribution in [3.63, 3.8) is 0 Å². The van der Waals surface area contributed by atoms with Crippen LogP contribution in [0.2, 0.25) is 0 Å². The number of β-amino-alcohol motifs (C(OH)–C–C–N with tert-alkyl or cyclic N) is 1. The highest BCUT2D eigenvalue weighted by atomic mass is 16.5. The Kier molecular flexibility index (Phi) is 8.53. The van der Waals surface area contributed by atoms with Gasteiger partial charge in [0.05, 0.1) is 19.3 Å². The van der Waals surface area contributed by atoms with Gasteiger partial charge >= 0.3 is 0 Å². The molecule has 5 nitrogen and oxygen atoms in total. The lowest BCUT2D eigenvalue weighted by Crippen LogP contribution is -2.47. The Bertz CT molecular complexity index is 626. The van der Waals surface area contributed by atoms with E-state index in [9.17, 15) is 5.11 Å². The molecule has 0 aliphatic carbocycles. The first-order valence-corrected chi connectivity index (χ1v) is 10.9. The molecular formula is C24H42N2O3. The van der Waals surface area contributed by atoms with Crippen molar-refractivity contribution in [3.8, 4) is 5.75 Å². The molecule has 0 aromatic heterocycles. The van der Waals surface area contributed by atoms with Gasteiger partial charge in [-0.25, -0.2) is 0 Å². The molecule has 1 atom stereocenters. The number of aliphatic hydroxyl groups excluding tert-OH is 1. The summed E-state index contributed by atoms with van der Waals surface area (Å²) < 4.78 is 11.7. The van der Waals surface area contributed by atoms with Crippen LogP contribution >= 0.6 is 0 Å². The van der Waals surface area contributed by atoms with Gasteiger partial charge in [0.2, 0.25) is 0 Å². The first-order chi connectivity index (χ1) is 13.5. The molecule has 0 amide bonds. The fourth-order valence-electron chi connectivity index (χ4n) is 3.52. The van der Waals surface area contributed by atoms with E-state index in [4.69, 9.17) is 9.47 Å². The lowest BCUT2D eigenvalue weighted by atomic mass is 9.80. The topological polar surface area (TPSA) is 45.2 Å². The molecule has 1 aliphatic rings. The van der Waals surface area contributed by atoms with E-state index in [1.54, 1.807) is 0 Å². The molecule has 1 fully saturated rings. The highest BCUT2D eigenvalue weighted by Gasteiger charge is 2.23. The minimum Gasteiger partial charge on any atom is -0.491 e. The molecular weight excluding hydrogens is 364 g/mol. The standard InChI is InChI=1S/C24H42N2O3/c1-23(2,3)19-8-9-22(21(16-19)24(4,5)6)29-15-14-28-18-20(27)17-26-12-10-25(7)11-13-26/h8-9,16,20,27H,10-15,17-18H2,1-7H3. The van der Waals surface area contributed by atoms with Crippen LogP contribution in [0.4, 0.5) is 0 Å². The fraction of sp³-hybridized carbons (Fsp3) is 0.750.